The number of hydrogen-bond acceptors (Lipinski definition) is 4. The van der Waals surface area contributed by atoms with Crippen molar-refractivity contribution >= 4 is 22.8 Å². The average molecular weight is 315 g/mol. The van der Waals surface area contributed by atoms with Gasteiger partial charge in [0.05, 0.1) is 11.3 Å². The van der Waals surface area contributed by atoms with Gasteiger partial charge in [0.15, 0.2) is 0 Å². The van der Waals surface area contributed by atoms with Crippen molar-refractivity contribution in [1.29, 1.82) is 0 Å². The number of para-hydroxylation sites is 1. The summed E-state index contributed by atoms with van der Waals surface area (Å²) < 4.78 is 5.71. The fourth-order valence-electron chi connectivity index (χ4n) is 2.45. The summed E-state index contributed by atoms with van der Waals surface area (Å²) in [4.78, 5) is 21.0. The normalized spacial score (nSPS) is 10.7. The summed E-state index contributed by atoms with van der Waals surface area (Å²) in [7, 11) is 0. The van der Waals surface area contributed by atoms with E-state index in [1.807, 2.05) is 48.5 Å². The van der Waals surface area contributed by atoms with Gasteiger partial charge in [-0.3, -0.25) is 4.79 Å². The molecule has 5 nitrogen and oxygen atoms in total. The van der Waals surface area contributed by atoms with Crippen molar-refractivity contribution in [3.05, 3.63) is 78.5 Å². The van der Waals surface area contributed by atoms with Crippen molar-refractivity contribution in [2.75, 3.05) is 5.32 Å². The third-order valence-corrected chi connectivity index (χ3v) is 3.61. The van der Waals surface area contributed by atoms with Crippen LogP contribution in [0, 0.1) is 0 Å². The van der Waals surface area contributed by atoms with E-state index in [1.165, 1.54) is 0 Å². The highest BCUT2D eigenvalue weighted by Crippen LogP contribution is 2.29. The first-order valence-electron chi connectivity index (χ1n) is 7.48. The number of nitrogens with one attached hydrogen (secondary N) is 1. The minimum Gasteiger partial charge on any atom is -0.418 e. The number of benzene rings is 2. The first-order chi connectivity index (χ1) is 11.8. The Balaban J connectivity index is 1.71. The van der Waals surface area contributed by atoms with Crippen LogP contribution >= 0.6 is 0 Å². The number of hydrogen-bond donors (Lipinski definition) is 1. The van der Waals surface area contributed by atoms with Gasteiger partial charge in [0.25, 0.3) is 5.91 Å². The number of fused-ring (bicyclic) bond motifs is 1. The predicted octanol–water partition coefficient (Wildman–Crippen LogP) is 4.14. The predicted molar refractivity (Wildman–Crippen MR) is 91.6 cm³/mol. The minimum absolute atomic E-state index is 0.183. The molecule has 5 heteroatoms. The minimum atomic E-state index is -0.183. The second kappa shape index (κ2) is 5.96. The van der Waals surface area contributed by atoms with E-state index in [-0.39, 0.29) is 5.91 Å². The van der Waals surface area contributed by atoms with E-state index in [9.17, 15) is 4.79 Å². The lowest BCUT2D eigenvalue weighted by Crippen LogP contribution is -2.12. The van der Waals surface area contributed by atoms with Gasteiger partial charge < -0.3 is 9.73 Å². The standard InChI is InChI=1S/C19H13N3O2/c23-17(13-7-2-1-3-8-13)21-15-10-5-4-9-14(15)18-22-16-11-6-12-20-19(16)24-18/h1-12H,(H,21,23). The van der Waals surface area contributed by atoms with E-state index in [0.717, 1.165) is 0 Å². The zero-order valence-electron chi connectivity index (χ0n) is 12.6. The van der Waals surface area contributed by atoms with Crippen LogP contribution in [0.2, 0.25) is 0 Å². The summed E-state index contributed by atoms with van der Waals surface area (Å²) in [6.07, 6.45) is 1.65. The summed E-state index contributed by atoms with van der Waals surface area (Å²) in [5.41, 5.74) is 3.08. The molecule has 0 unspecified atom stereocenters. The molecule has 0 aliphatic rings. The summed E-state index contributed by atoms with van der Waals surface area (Å²) in [6, 6.07) is 20.1. The number of aromatic nitrogens is 2. The van der Waals surface area contributed by atoms with Crippen LogP contribution in [0.25, 0.3) is 22.7 Å². The monoisotopic (exact) mass is 315 g/mol. The molecule has 0 saturated carbocycles. The van der Waals surface area contributed by atoms with Gasteiger partial charge in [-0.25, -0.2) is 9.97 Å². The molecule has 2 heterocycles. The molecule has 116 valence electrons. The Morgan fingerprint density at radius 3 is 2.54 bits per heavy atom. The number of oxazole rings is 1. The molecule has 4 rings (SSSR count). The van der Waals surface area contributed by atoms with E-state index >= 15 is 0 Å². The highest BCUT2D eigenvalue weighted by molar-refractivity contribution is 6.06. The van der Waals surface area contributed by atoms with E-state index in [1.54, 1.807) is 24.4 Å². The van der Waals surface area contributed by atoms with E-state index < -0.39 is 0 Å². The first-order valence-corrected chi connectivity index (χ1v) is 7.48. The summed E-state index contributed by atoms with van der Waals surface area (Å²) >= 11 is 0. The Morgan fingerprint density at radius 1 is 0.917 bits per heavy atom. The highest BCUT2D eigenvalue weighted by Gasteiger charge is 2.14. The van der Waals surface area contributed by atoms with Gasteiger partial charge in [0, 0.05) is 11.8 Å². The maximum atomic E-state index is 12.4. The molecule has 2 aromatic carbocycles. The quantitative estimate of drug-likeness (QED) is 0.617. The van der Waals surface area contributed by atoms with Crippen molar-refractivity contribution < 1.29 is 9.21 Å². The lowest BCUT2D eigenvalue weighted by Gasteiger charge is -2.08. The Labute approximate surface area is 138 Å². The number of nitrogens with zero attached hydrogens (tertiary/aromatic N) is 2. The van der Waals surface area contributed by atoms with Crippen LogP contribution in [0.1, 0.15) is 10.4 Å². The zero-order chi connectivity index (χ0) is 16.4. The van der Waals surface area contributed by atoms with Crippen LogP contribution in [0.5, 0.6) is 0 Å². The molecule has 0 bridgehead atoms. The fraction of sp³-hybridized carbons (Fsp3) is 0. The van der Waals surface area contributed by atoms with Gasteiger partial charge in [0.1, 0.15) is 5.52 Å². The second-order valence-electron chi connectivity index (χ2n) is 5.21. The molecular weight excluding hydrogens is 302 g/mol. The lowest BCUT2D eigenvalue weighted by molar-refractivity contribution is 0.102. The number of anilines is 1. The van der Waals surface area contributed by atoms with Crippen LogP contribution in [0.15, 0.2) is 77.3 Å². The number of carbonyl (C=O) groups is 1. The smallest absolute Gasteiger partial charge is 0.255 e. The molecule has 1 N–H and O–H groups in total. The number of rotatable bonds is 3. The fourth-order valence-corrected chi connectivity index (χ4v) is 2.45. The maximum absolute atomic E-state index is 12.4. The van der Waals surface area contributed by atoms with Crippen LogP contribution in [0.3, 0.4) is 0 Å². The van der Waals surface area contributed by atoms with Gasteiger partial charge in [0.2, 0.25) is 11.6 Å². The van der Waals surface area contributed by atoms with Crippen molar-refractivity contribution in [1.82, 2.24) is 9.97 Å². The molecule has 0 saturated heterocycles. The maximum Gasteiger partial charge on any atom is 0.255 e. The van der Waals surface area contributed by atoms with Gasteiger partial charge in [-0.1, -0.05) is 30.3 Å². The highest BCUT2D eigenvalue weighted by atomic mass is 16.4. The van der Waals surface area contributed by atoms with Crippen molar-refractivity contribution in [3.8, 4) is 11.5 Å². The molecule has 2 aromatic heterocycles. The Hall–Kier alpha value is -3.47. The molecular formula is C19H13N3O2. The molecule has 0 spiro atoms. The average Bonchev–Trinajstić information content (AvgIpc) is 3.07. The molecule has 0 fully saturated rings. The van der Waals surface area contributed by atoms with Gasteiger partial charge >= 0.3 is 0 Å². The summed E-state index contributed by atoms with van der Waals surface area (Å²) in [5, 5.41) is 2.91. The van der Waals surface area contributed by atoms with E-state index in [4.69, 9.17) is 4.42 Å². The first kappa shape index (κ1) is 14.1. The number of pyridine rings is 1. The number of amides is 1. The van der Waals surface area contributed by atoms with Gasteiger partial charge in [-0.05, 0) is 36.4 Å². The van der Waals surface area contributed by atoms with Crippen LogP contribution in [0.4, 0.5) is 5.69 Å². The third-order valence-electron chi connectivity index (χ3n) is 3.61. The van der Waals surface area contributed by atoms with Crippen LogP contribution in [-0.4, -0.2) is 15.9 Å². The topological polar surface area (TPSA) is 68.0 Å². The zero-order valence-corrected chi connectivity index (χ0v) is 12.6. The summed E-state index contributed by atoms with van der Waals surface area (Å²) in [5.74, 6) is 0.241. The Morgan fingerprint density at radius 2 is 1.71 bits per heavy atom. The molecule has 1 amide bonds. The van der Waals surface area contributed by atoms with E-state index in [0.29, 0.717) is 33.9 Å². The summed E-state index contributed by atoms with van der Waals surface area (Å²) in [6.45, 7) is 0. The molecule has 24 heavy (non-hydrogen) atoms. The molecule has 4 aromatic rings. The molecule has 0 aliphatic heterocycles. The van der Waals surface area contributed by atoms with Crippen LogP contribution in [-0.2, 0) is 0 Å². The number of carbonyl (C=O) groups excluding carboxylic acids is 1. The third kappa shape index (κ3) is 2.63. The second-order valence-corrected chi connectivity index (χ2v) is 5.21. The SMILES string of the molecule is O=C(Nc1ccccc1-c1nc2cccnc2o1)c1ccccc1. The van der Waals surface area contributed by atoms with Gasteiger partial charge in [-0.15, -0.1) is 0 Å². The lowest BCUT2D eigenvalue weighted by atomic mass is 10.1. The largest absolute Gasteiger partial charge is 0.418 e. The van der Waals surface area contributed by atoms with Crippen molar-refractivity contribution in [2.45, 2.75) is 0 Å². The molecule has 0 atom stereocenters. The van der Waals surface area contributed by atoms with Crippen molar-refractivity contribution in [2.24, 2.45) is 0 Å². The van der Waals surface area contributed by atoms with Gasteiger partial charge in [-0.2, -0.15) is 0 Å². The van der Waals surface area contributed by atoms with Crippen LogP contribution < -0.4 is 5.32 Å². The van der Waals surface area contributed by atoms with E-state index in [2.05, 4.69) is 15.3 Å². The Kier molecular flexibility index (Phi) is 3.51. The van der Waals surface area contributed by atoms with Crippen molar-refractivity contribution in [3.63, 3.8) is 0 Å². The molecule has 0 radical (unpaired) electrons. The molecule has 0 aliphatic carbocycles. The Bertz CT molecular complexity index is 976.